The van der Waals surface area contributed by atoms with Gasteiger partial charge in [-0.25, -0.2) is 8.42 Å². The third-order valence-electron chi connectivity index (χ3n) is 5.63. The topological polar surface area (TPSA) is 75.7 Å². The molecule has 2 aromatic carbocycles. The van der Waals surface area contributed by atoms with E-state index < -0.39 is 10.0 Å². The second-order valence-electron chi connectivity index (χ2n) is 8.62. The van der Waals surface area contributed by atoms with Crippen molar-refractivity contribution in [3.63, 3.8) is 0 Å². The maximum absolute atomic E-state index is 12.6. The summed E-state index contributed by atoms with van der Waals surface area (Å²) in [7, 11) is -1.77. The number of nitrogens with one attached hydrogen (secondary N) is 1. The molecule has 1 amide bonds. The Morgan fingerprint density at radius 2 is 1.72 bits per heavy atom. The van der Waals surface area contributed by atoms with Gasteiger partial charge in [0, 0.05) is 13.0 Å². The van der Waals surface area contributed by atoms with E-state index in [4.69, 9.17) is 4.74 Å². The Morgan fingerprint density at radius 1 is 1.06 bits per heavy atom. The molecule has 7 heteroatoms. The maximum atomic E-state index is 12.6. The van der Waals surface area contributed by atoms with E-state index in [0.717, 1.165) is 28.0 Å². The van der Waals surface area contributed by atoms with Crippen LogP contribution in [0.4, 0.5) is 5.69 Å². The minimum absolute atomic E-state index is 0.1000. The molecule has 0 aliphatic carbocycles. The van der Waals surface area contributed by atoms with Crippen LogP contribution < -0.4 is 14.4 Å². The molecule has 1 atom stereocenters. The molecule has 0 aliphatic heterocycles. The van der Waals surface area contributed by atoms with Crippen molar-refractivity contribution in [2.75, 3.05) is 24.2 Å². The monoisotopic (exact) mass is 460 g/mol. The molecular weight excluding hydrogens is 424 g/mol. The van der Waals surface area contributed by atoms with Gasteiger partial charge in [-0.3, -0.25) is 9.10 Å². The van der Waals surface area contributed by atoms with Gasteiger partial charge in [0.25, 0.3) is 0 Å². The summed E-state index contributed by atoms with van der Waals surface area (Å²) in [6, 6.07) is 11.3. The molecule has 2 rings (SSSR count). The average molecular weight is 461 g/mol. The summed E-state index contributed by atoms with van der Waals surface area (Å²) in [5.74, 6) is 1.06. The van der Waals surface area contributed by atoms with Crippen molar-refractivity contribution < 1.29 is 17.9 Å². The third kappa shape index (κ3) is 6.48. The molecule has 176 valence electrons. The van der Waals surface area contributed by atoms with Crippen molar-refractivity contribution >= 4 is 21.6 Å². The second kappa shape index (κ2) is 10.9. The van der Waals surface area contributed by atoms with Crippen LogP contribution in [0.2, 0.25) is 0 Å². The van der Waals surface area contributed by atoms with Crippen LogP contribution in [0.15, 0.2) is 36.4 Å². The van der Waals surface area contributed by atoms with Gasteiger partial charge >= 0.3 is 0 Å². The van der Waals surface area contributed by atoms with Gasteiger partial charge in [-0.05, 0) is 73.6 Å². The predicted molar refractivity (Wildman–Crippen MR) is 131 cm³/mol. The van der Waals surface area contributed by atoms with Gasteiger partial charge in [-0.15, -0.1) is 0 Å². The fourth-order valence-electron chi connectivity index (χ4n) is 3.89. The molecule has 0 radical (unpaired) electrons. The van der Waals surface area contributed by atoms with Crippen molar-refractivity contribution in [2.45, 2.75) is 59.4 Å². The molecule has 0 saturated heterocycles. The molecule has 2 aromatic rings. The Morgan fingerprint density at radius 3 is 2.28 bits per heavy atom. The number of amides is 1. The number of methoxy groups -OCH3 is 1. The minimum atomic E-state index is -3.44. The molecule has 0 bridgehead atoms. The zero-order valence-corrected chi connectivity index (χ0v) is 21.0. The van der Waals surface area contributed by atoms with Crippen molar-refractivity contribution in [1.29, 1.82) is 0 Å². The van der Waals surface area contributed by atoms with Crippen LogP contribution in [0.25, 0.3) is 0 Å². The first-order valence-electron chi connectivity index (χ1n) is 11.0. The molecular formula is C25H36N2O4S. The molecule has 1 N–H and O–H groups in total. The Kier molecular flexibility index (Phi) is 8.73. The highest BCUT2D eigenvalue weighted by atomic mass is 32.2. The number of para-hydroxylation sites is 1. The van der Waals surface area contributed by atoms with Crippen LogP contribution in [0.3, 0.4) is 0 Å². The average Bonchev–Trinajstić information content (AvgIpc) is 2.70. The summed E-state index contributed by atoms with van der Waals surface area (Å²) in [4.78, 5) is 12.6. The number of benzene rings is 2. The van der Waals surface area contributed by atoms with Crippen LogP contribution in [0.5, 0.6) is 5.75 Å². The van der Waals surface area contributed by atoms with Gasteiger partial charge in [-0.2, -0.15) is 0 Å². The number of hydrogen-bond donors (Lipinski definition) is 1. The largest absolute Gasteiger partial charge is 0.496 e. The van der Waals surface area contributed by atoms with Crippen LogP contribution in [0.1, 0.15) is 67.8 Å². The lowest BCUT2D eigenvalue weighted by Gasteiger charge is -2.24. The Labute approximate surface area is 193 Å². The quantitative estimate of drug-likeness (QED) is 0.549. The first-order chi connectivity index (χ1) is 15.0. The fourth-order valence-corrected chi connectivity index (χ4v) is 4.92. The number of anilines is 1. The summed E-state index contributed by atoms with van der Waals surface area (Å²) in [5, 5.41) is 3.06. The van der Waals surface area contributed by atoms with E-state index in [1.807, 2.05) is 45.0 Å². The molecule has 0 aliphatic rings. The van der Waals surface area contributed by atoms with Gasteiger partial charge in [0.15, 0.2) is 0 Å². The summed E-state index contributed by atoms with van der Waals surface area (Å²) in [6.07, 6.45) is 1.87. The van der Waals surface area contributed by atoms with Gasteiger partial charge in [0.1, 0.15) is 5.75 Å². The lowest BCUT2D eigenvalue weighted by atomic mass is 9.93. The van der Waals surface area contributed by atoms with E-state index in [0.29, 0.717) is 18.0 Å². The molecule has 0 fully saturated rings. The fraction of sp³-hybridized carbons (Fsp3) is 0.480. The van der Waals surface area contributed by atoms with Gasteiger partial charge in [-0.1, -0.05) is 32.0 Å². The van der Waals surface area contributed by atoms with Crippen molar-refractivity contribution in [1.82, 2.24) is 5.32 Å². The minimum Gasteiger partial charge on any atom is -0.496 e. The molecule has 1 unspecified atom stereocenters. The highest BCUT2D eigenvalue weighted by molar-refractivity contribution is 7.92. The standard InChI is InChI=1S/C25H36N2O4S/c1-17(2)21-16-22(19(4)15-24(21)31-6)20(5)26-25(28)13-10-14-27(32(7,29)30)23-12-9-8-11-18(23)3/h8-9,11-12,15-17,20H,10,13-14H2,1-7H3,(H,26,28). The van der Waals surface area contributed by atoms with Crippen molar-refractivity contribution in [2.24, 2.45) is 0 Å². The van der Waals surface area contributed by atoms with Gasteiger partial charge in [0.05, 0.1) is 25.1 Å². The van der Waals surface area contributed by atoms with Crippen LogP contribution >= 0.6 is 0 Å². The third-order valence-corrected chi connectivity index (χ3v) is 6.81. The van der Waals surface area contributed by atoms with E-state index in [9.17, 15) is 13.2 Å². The molecule has 0 saturated carbocycles. The van der Waals surface area contributed by atoms with Crippen LogP contribution in [0, 0.1) is 13.8 Å². The van der Waals surface area contributed by atoms with E-state index in [-0.39, 0.29) is 24.9 Å². The molecule has 6 nitrogen and oxygen atoms in total. The van der Waals surface area contributed by atoms with E-state index >= 15 is 0 Å². The summed E-state index contributed by atoms with van der Waals surface area (Å²) in [6.45, 7) is 10.3. The summed E-state index contributed by atoms with van der Waals surface area (Å²) in [5.41, 5.74) is 4.75. The Bertz CT molecular complexity index is 1050. The Balaban J connectivity index is 2.05. The van der Waals surface area contributed by atoms with Crippen LogP contribution in [-0.2, 0) is 14.8 Å². The van der Waals surface area contributed by atoms with Crippen molar-refractivity contribution in [3.8, 4) is 5.75 Å². The van der Waals surface area contributed by atoms with E-state index in [1.165, 1.54) is 10.6 Å². The normalized spacial score (nSPS) is 12.5. The highest BCUT2D eigenvalue weighted by Crippen LogP contribution is 2.32. The maximum Gasteiger partial charge on any atom is 0.232 e. The first-order valence-corrected chi connectivity index (χ1v) is 12.8. The van der Waals surface area contributed by atoms with E-state index in [2.05, 4.69) is 25.2 Å². The van der Waals surface area contributed by atoms with Crippen molar-refractivity contribution in [3.05, 3.63) is 58.7 Å². The first kappa shape index (κ1) is 25.7. The molecule has 0 heterocycles. The zero-order valence-electron chi connectivity index (χ0n) is 20.2. The summed E-state index contributed by atoms with van der Waals surface area (Å²) >= 11 is 0. The lowest BCUT2D eigenvalue weighted by Crippen LogP contribution is -2.33. The molecule has 0 spiro atoms. The van der Waals surface area contributed by atoms with Gasteiger partial charge < -0.3 is 10.1 Å². The number of rotatable bonds is 10. The zero-order chi connectivity index (χ0) is 24.1. The second-order valence-corrected chi connectivity index (χ2v) is 10.5. The number of nitrogens with zero attached hydrogens (tertiary/aromatic N) is 1. The number of hydrogen-bond acceptors (Lipinski definition) is 4. The van der Waals surface area contributed by atoms with E-state index in [1.54, 1.807) is 13.2 Å². The number of sulfonamides is 1. The SMILES string of the molecule is COc1cc(C)c(C(C)NC(=O)CCCN(c2ccccc2C)S(C)(=O)=O)cc1C(C)C. The van der Waals surface area contributed by atoms with Gasteiger partial charge in [0.2, 0.25) is 15.9 Å². The number of carbonyl (C=O) groups is 1. The Hall–Kier alpha value is -2.54. The highest BCUT2D eigenvalue weighted by Gasteiger charge is 2.20. The number of aryl methyl sites for hydroxylation is 2. The summed E-state index contributed by atoms with van der Waals surface area (Å²) < 4.78 is 31.5. The smallest absolute Gasteiger partial charge is 0.232 e. The number of carbonyl (C=O) groups excluding carboxylic acids is 1. The number of ether oxygens (including phenoxy) is 1. The lowest BCUT2D eigenvalue weighted by molar-refractivity contribution is -0.121. The molecule has 32 heavy (non-hydrogen) atoms. The predicted octanol–water partition coefficient (Wildman–Crippen LogP) is 4.86. The van der Waals surface area contributed by atoms with Crippen LogP contribution in [-0.4, -0.2) is 34.2 Å². The molecule has 0 aromatic heterocycles.